The highest BCUT2D eigenvalue weighted by Crippen LogP contribution is 2.31. The van der Waals surface area contributed by atoms with Crippen molar-refractivity contribution in [3.05, 3.63) is 71.8 Å². The summed E-state index contributed by atoms with van der Waals surface area (Å²) in [5.74, 6) is -0.142. The van der Waals surface area contributed by atoms with E-state index in [9.17, 15) is 4.79 Å². The Labute approximate surface area is 140 Å². The fraction of sp³-hybridized carbons (Fsp3) is 0.350. The Bertz CT molecular complexity index is 617. The number of carbonyl (C=O) groups is 1. The quantitative estimate of drug-likeness (QED) is 0.691. The van der Waals surface area contributed by atoms with Gasteiger partial charge < -0.3 is 9.53 Å². The van der Waals surface area contributed by atoms with Gasteiger partial charge in [0.05, 0.1) is 6.10 Å². The summed E-state index contributed by atoms with van der Waals surface area (Å²) in [6.07, 6.45) is 0.521. The van der Waals surface area contributed by atoms with Crippen LogP contribution in [0.5, 0.6) is 0 Å². The molecular weight excluding hydrogens is 300 g/mol. The molecule has 0 spiro atoms. The minimum atomic E-state index is -1.91. The van der Waals surface area contributed by atoms with Gasteiger partial charge in [-0.05, 0) is 17.5 Å². The molecule has 0 fully saturated rings. The summed E-state index contributed by atoms with van der Waals surface area (Å²) in [6, 6.07) is 20.3. The van der Waals surface area contributed by atoms with E-state index in [0.29, 0.717) is 5.41 Å². The molecule has 0 aliphatic heterocycles. The zero-order chi connectivity index (χ0) is 16.9. The fourth-order valence-corrected chi connectivity index (χ4v) is 4.30. The summed E-state index contributed by atoms with van der Waals surface area (Å²) in [4.78, 5) is 13.1. The summed E-state index contributed by atoms with van der Waals surface area (Å²) in [5, 5.41) is 0.372. The minimum Gasteiger partial charge on any atom is -0.376 e. The van der Waals surface area contributed by atoms with Crippen LogP contribution in [0.3, 0.4) is 0 Å². The molecule has 0 bridgehead atoms. The van der Waals surface area contributed by atoms with Crippen molar-refractivity contribution >= 4 is 13.5 Å². The Morgan fingerprint density at radius 2 is 1.48 bits per heavy atom. The average molecular weight is 327 g/mol. The molecule has 0 aliphatic rings. The normalized spacial score (nSPS) is 14.3. The van der Waals surface area contributed by atoms with Crippen LogP contribution < -0.4 is 0 Å². The van der Waals surface area contributed by atoms with Gasteiger partial charge in [0.2, 0.25) is 0 Å². The van der Waals surface area contributed by atoms with Crippen molar-refractivity contribution < 1.29 is 9.53 Å². The Hall–Kier alpha value is -1.71. The first kappa shape index (κ1) is 17.6. The van der Waals surface area contributed by atoms with Crippen LogP contribution in [0.4, 0.5) is 0 Å². The second kappa shape index (κ2) is 7.71. The van der Waals surface area contributed by atoms with Crippen LogP contribution in [-0.4, -0.2) is 20.6 Å². The van der Waals surface area contributed by atoms with Gasteiger partial charge in [0.1, 0.15) is 13.5 Å². The largest absolute Gasteiger partial charge is 0.376 e. The van der Waals surface area contributed by atoms with Crippen molar-refractivity contribution in [2.75, 3.05) is 7.11 Å². The van der Waals surface area contributed by atoms with Crippen LogP contribution in [0.25, 0.3) is 0 Å². The molecule has 122 valence electrons. The SMILES string of the molecule is CO[C@H](c1ccccc1)[C@H](Cc1ccccc1)C(=O)[Si](C)(C)C. The third kappa shape index (κ3) is 4.63. The molecule has 2 atom stereocenters. The van der Waals surface area contributed by atoms with Crippen LogP contribution >= 0.6 is 0 Å². The Morgan fingerprint density at radius 1 is 0.957 bits per heavy atom. The summed E-state index contributed by atoms with van der Waals surface area (Å²) in [6.45, 7) is 6.35. The minimum absolute atomic E-state index is 0.142. The maximum absolute atomic E-state index is 13.1. The number of benzene rings is 2. The van der Waals surface area contributed by atoms with Crippen LogP contribution in [0.2, 0.25) is 19.6 Å². The molecule has 0 N–H and O–H groups in total. The Kier molecular flexibility index (Phi) is 5.91. The smallest absolute Gasteiger partial charge is 0.124 e. The predicted octanol–water partition coefficient (Wildman–Crippen LogP) is 4.68. The number of methoxy groups -OCH3 is 1. The van der Waals surface area contributed by atoms with E-state index in [2.05, 4.69) is 31.8 Å². The van der Waals surface area contributed by atoms with E-state index in [1.54, 1.807) is 7.11 Å². The topological polar surface area (TPSA) is 26.3 Å². The molecule has 23 heavy (non-hydrogen) atoms. The van der Waals surface area contributed by atoms with E-state index < -0.39 is 8.07 Å². The van der Waals surface area contributed by atoms with Crippen LogP contribution in [-0.2, 0) is 16.0 Å². The van der Waals surface area contributed by atoms with E-state index >= 15 is 0 Å². The van der Waals surface area contributed by atoms with Gasteiger partial charge >= 0.3 is 0 Å². The maximum Gasteiger partial charge on any atom is 0.124 e. The van der Waals surface area contributed by atoms with Crippen LogP contribution in [0, 0.1) is 5.92 Å². The molecule has 0 saturated carbocycles. The number of rotatable bonds is 7. The molecule has 2 rings (SSSR count). The predicted molar refractivity (Wildman–Crippen MR) is 98.2 cm³/mol. The van der Waals surface area contributed by atoms with Gasteiger partial charge in [0.25, 0.3) is 0 Å². The second-order valence-corrected chi connectivity index (χ2v) is 12.0. The van der Waals surface area contributed by atoms with Crippen LogP contribution in [0.15, 0.2) is 60.7 Å². The van der Waals surface area contributed by atoms with E-state index in [0.717, 1.165) is 12.0 Å². The van der Waals surface area contributed by atoms with Crippen molar-refractivity contribution in [1.29, 1.82) is 0 Å². The van der Waals surface area contributed by atoms with Gasteiger partial charge in [-0.15, -0.1) is 0 Å². The Morgan fingerprint density at radius 3 is 1.96 bits per heavy atom. The Balaban J connectivity index is 2.37. The molecular formula is C20H26O2Si. The molecule has 0 aliphatic carbocycles. The number of carbonyl (C=O) groups excluding carboxylic acids is 1. The summed E-state index contributed by atoms with van der Waals surface area (Å²) in [7, 11) is -0.207. The summed E-state index contributed by atoms with van der Waals surface area (Å²) >= 11 is 0. The average Bonchev–Trinajstić information content (AvgIpc) is 2.55. The fourth-order valence-electron chi connectivity index (χ4n) is 2.94. The third-order valence-electron chi connectivity index (χ3n) is 4.12. The maximum atomic E-state index is 13.1. The van der Waals surface area contributed by atoms with Gasteiger partial charge in [0, 0.05) is 13.0 Å². The molecule has 2 nitrogen and oxygen atoms in total. The second-order valence-electron chi connectivity index (χ2n) is 6.98. The zero-order valence-corrected chi connectivity index (χ0v) is 15.5. The standard InChI is InChI=1S/C20H26O2Si/c1-22-19(17-13-9-6-10-14-17)18(20(21)23(2,3)4)15-16-11-7-5-8-12-16/h5-14,18-19H,15H2,1-4H3/t18-,19+/m0/s1. The molecule has 0 amide bonds. The molecule has 0 heterocycles. The van der Waals surface area contributed by atoms with Gasteiger partial charge in [0.15, 0.2) is 0 Å². The van der Waals surface area contributed by atoms with Crippen molar-refractivity contribution in [3.8, 4) is 0 Å². The van der Waals surface area contributed by atoms with Crippen molar-refractivity contribution in [3.63, 3.8) is 0 Å². The van der Waals surface area contributed by atoms with E-state index in [4.69, 9.17) is 4.74 Å². The lowest BCUT2D eigenvalue weighted by atomic mass is 9.90. The first-order chi connectivity index (χ1) is 10.9. The number of ether oxygens (including phenoxy) is 1. The summed E-state index contributed by atoms with van der Waals surface area (Å²) in [5.41, 5.74) is 2.25. The van der Waals surface area contributed by atoms with E-state index in [-0.39, 0.29) is 12.0 Å². The summed E-state index contributed by atoms with van der Waals surface area (Å²) < 4.78 is 5.79. The van der Waals surface area contributed by atoms with E-state index in [1.807, 2.05) is 48.5 Å². The highest BCUT2D eigenvalue weighted by Gasteiger charge is 2.37. The van der Waals surface area contributed by atoms with Gasteiger partial charge in [-0.25, -0.2) is 0 Å². The number of hydrogen-bond donors (Lipinski definition) is 0. The molecule has 3 heteroatoms. The van der Waals surface area contributed by atoms with Gasteiger partial charge in [-0.3, -0.25) is 0 Å². The van der Waals surface area contributed by atoms with Gasteiger partial charge in [-0.2, -0.15) is 0 Å². The van der Waals surface area contributed by atoms with Crippen molar-refractivity contribution in [2.45, 2.75) is 32.2 Å². The first-order valence-electron chi connectivity index (χ1n) is 8.09. The highest BCUT2D eigenvalue weighted by atomic mass is 28.3. The van der Waals surface area contributed by atoms with Crippen molar-refractivity contribution in [1.82, 2.24) is 0 Å². The molecule has 0 saturated heterocycles. The molecule has 2 aromatic rings. The monoisotopic (exact) mass is 326 g/mol. The molecule has 0 radical (unpaired) electrons. The number of hydrogen-bond acceptors (Lipinski definition) is 2. The first-order valence-corrected chi connectivity index (χ1v) is 11.6. The van der Waals surface area contributed by atoms with Crippen molar-refractivity contribution in [2.24, 2.45) is 5.92 Å². The van der Waals surface area contributed by atoms with Crippen LogP contribution in [0.1, 0.15) is 17.2 Å². The van der Waals surface area contributed by atoms with Gasteiger partial charge in [-0.1, -0.05) is 80.3 Å². The molecule has 0 aromatic heterocycles. The zero-order valence-electron chi connectivity index (χ0n) is 14.5. The molecule has 0 unspecified atom stereocenters. The molecule has 2 aromatic carbocycles. The lowest BCUT2D eigenvalue weighted by Crippen LogP contribution is -2.42. The third-order valence-corrected chi connectivity index (χ3v) is 5.97. The highest BCUT2D eigenvalue weighted by molar-refractivity contribution is 7.03. The van der Waals surface area contributed by atoms with E-state index in [1.165, 1.54) is 5.56 Å². The lowest BCUT2D eigenvalue weighted by Gasteiger charge is -2.30. The lowest BCUT2D eigenvalue weighted by molar-refractivity contribution is -0.120.